The Morgan fingerprint density at radius 2 is 1.95 bits per heavy atom. The van der Waals surface area contributed by atoms with Crippen molar-refractivity contribution in [2.24, 2.45) is 5.92 Å². The number of rotatable bonds is 6. The van der Waals surface area contributed by atoms with Gasteiger partial charge in [0.2, 0.25) is 0 Å². The Balaban J connectivity index is 2.15. The predicted octanol–water partition coefficient (Wildman–Crippen LogP) is 4.70. The molecule has 2 nitrogen and oxygen atoms in total. The van der Waals surface area contributed by atoms with Crippen LogP contribution in [0.15, 0.2) is 24.3 Å². The monoisotopic (exact) mass is 275 g/mol. The summed E-state index contributed by atoms with van der Waals surface area (Å²) in [6.07, 6.45) is 7.12. The maximum Gasteiger partial charge on any atom is 0.120 e. The topological polar surface area (TPSA) is 21.3 Å². The number of hydrogen-bond acceptors (Lipinski definition) is 2. The van der Waals surface area contributed by atoms with E-state index in [0.29, 0.717) is 6.04 Å². The second-order valence-electron chi connectivity index (χ2n) is 6.17. The van der Waals surface area contributed by atoms with E-state index in [0.717, 1.165) is 18.2 Å². The first kappa shape index (κ1) is 15.4. The Hall–Kier alpha value is -1.02. The Labute approximate surface area is 123 Å². The van der Waals surface area contributed by atoms with Crippen LogP contribution in [-0.2, 0) is 0 Å². The van der Waals surface area contributed by atoms with Gasteiger partial charge in [-0.05, 0) is 56.8 Å². The lowest BCUT2D eigenvalue weighted by molar-refractivity contribution is 0.240. The third-order valence-electron chi connectivity index (χ3n) is 4.13. The molecule has 1 fully saturated rings. The molecule has 1 aromatic carbocycles. The highest BCUT2D eigenvalue weighted by Crippen LogP contribution is 2.35. The first-order valence-electron chi connectivity index (χ1n) is 8.20. The van der Waals surface area contributed by atoms with E-state index < -0.39 is 0 Å². The van der Waals surface area contributed by atoms with E-state index in [1.165, 1.54) is 37.7 Å². The van der Waals surface area contributed by atoms with Crippen molar-refractivity contribution < 1.29 is 4.74 Å². The predicted molar refractivity (Wildman–Crippen MR) is 85.2 cm³/mol. The summed E-state index contributed by atoms with van der Waals surface area (Å²) < 4.78 is 5.84. The summed E-state index contributed by atoms with van der Waals surface area (Å²) in [7, 11) is 0. The number of nitrogens with one attached hydrogen (secondary N) is 1. The van der Waals surface area contributed by atoms with Crippen LogP contribution in [0.2, 0.25) is 0 Å². The third kappa shape index (κ3) is 4.24. The Morgan fingerprint density at radius 1 is 1.20 bits per heavy atom. The van der Waals surface area contributed by atoms with Crippen LogP contribution in [-0.4, -0.2) is 12.6 Å². The Morgan fingerprint density at radius 3 is 2.60 bits per heavy atom. The van der Waals surface area contributed by atoms with E-state index >= 15 is 0 Å². The van der Waals surface area contributed by atoms with Crippen molar-refractivity contribution in [2.45, 2.75) is 65.0 Å². The summed E-state index contributed by atoms with van der Waals surface area (Å²) in [6, 6.07) is 9.14. The third-order valence-corrected chi connectivity index (χ3v) is 4.13. The zero-order valence-corrected chi connectivity index (χ0v) is 13.2. The van der Waals surface area contributed by atoms with Gasteiger partial charge in [0.15, 0.2) is 0 Å². The molecular weight excluding hydrogens is 246 g/mol. The van der Waals surface area contributed by atoms with E-state index in [1.54, 1.807) is 0 Å². The Kier molecular flexibility index (Phi) is 5.90. The lowest BCUT2D eigenvalue weighted by Gasteiger charge is -2.31. The average Bonchev–Trinajstić information content (AvgIpc) is 2.45. The van der Waals surface area contributed by atoms with Gasteiger partial charge in [0.1, 0.15) is 5.75 Å². The van der Waals surface area contributed by atoms with Gasteiger partial charge in [0, 0.05) is 6.04 Å². The molecule has 1 aliphatic rings. The largest absolute Gasteiger partial charge is 0.491 e. The van der Waals surface area contributed by atoms with Gasteiger partial charge < -0.3 is 10.1 Å². The number of hydrogen-bond donors (Lipinski definition) is 1. The van der Waals surface area contributed by atoms with Crippen LogP contribution >= 0.6 is 0 Å². The lowest BCUT2D eigenvalue weighted by Crippen LogP contribution is -2.29. The lowest BCUT2D eigenvalue weighted by atomic mass is 9.81. The van der Waals surface area contributed by atoms with Gasteiger partial charge in [-0.15, -0.1) is 0 Å². The molecule has 2 heteroatoms. The molecule has 1 aliphatic carbocycles. The van der Waals surface area contributed by atoms with Crippen LogP contribution < -0.4 is 10.1 Å². The van der Waals surface area contributed by atoms with Crippen molar-refractivity contribution in [3.8, 4) is 5.75 Å². The average molecular weight is 275 g/mol. The zero-order valence-electron chi connectivity index (χ0n) is 13.2. The van der Waals surface area contributed by atoms with Crippen LogP contribution in [0.1, 0.15) is 64.5 Å². The van der Waals surface area contributed by atoms with Gasteiger partial charge in [-0.25, -0.2) is 0 Å². The number of ether oxygens (including phenoxy) is 1. The highest BCUT2D eigenvalue weighted by molar-refractivity contribution is 5.31. The first-order chi connectivity index (χ1) is 9.70. The van der Waals surface area contributed by atoms with Crippen LogP contribution in [0.3, 0.4) is 0 Å². The van der Waals surface area contributed by atoms with Crippen molar-refractivity contribution in [2.75, 3.05) is 6.54 Å². The minimum Gasteiger partial charge on any atom is -0.491 e. The summed E-state index contributed by atoms with van der Waals surface area (Å²) in [6.45, 7) is 7.38. The highest BCUT2D eigenvalue weighted by Gasteiger charge is 2.24. The van der Waals surface area contributed by atoms with E-state index in [2.05, 4.69) is 50.4 Å². The van der Waals surface area contributed by atoms with Gasteiger partial charge >= 0.3 is 0 Å². The van der Waals surface area contributed by atoms with Crippen LogP contribution in [0.4, 0.5) is 0 Å². The molecule has 1 saturated carbocycles. The first-order valence-corrected chi connectivity index (χ1v) is 8.20. The molecule has 0 saturated heterocycles. The van der Waals surface area contributed by atoms with Crippen molar-refractivity contribution >= 4 is 0 Å². The molecule has 0 amide bonds. The van der Waals surface area contributed by atoms with Gasteiger partial charge in [-0.1, -0.05) is 38.3 Å². The molecule has 1 aromatic rings. The van der Waals surface area contributed by atoms with Crippen LogP contribution in [0, 0.1) is 5.92 Å². The van der Waals surface area contributed by atoms with Crippen molar-refractivity contribution in [3.05, 3.63) is 29.8 Å². The van der Waals surface area contributed by atoms with E-state index in [1.807, 2.05) is 0 Å². The SMILES string of the molecule is CCNC(c1cccc(OC(C)C)c1)C1CCCCC1. The second-order valence-corrected chi connectivity index (χ2v) is 6.17. The fourth-order valence-corrected chi connectivity index (χ4v) is 3.30. The Bertz CT molecular complexity index is 396. The van der Waals surface area contributed by atoms with Crippen molar-refractivity contribution in [1.29, 1.82) is 0 Å². The molecular formula is C18H29NO. The molecule has 2 rings (SSSR count). The van der Waals surface area contributed by atoms with Crippen LogP contribution in [0.5, 0.6) is 5.75 Å². The fraction of sp³-hybridized carbons (Fsp3) is 0.667. The van der Waals surface area contributed by atoms with Gasteiger partial charge in [-0.3, -0.25) is 0 Å². The summed E-state index contributed by atoms with van der Waals surface area (Å²) in [5.74, 6) is 1.77. The molecule has 0 aromatic heterocycles. The molecule has 0 radical (unpaired) electrons. The maximum absolute atomic E-state index is 5.84. The molecule has 0 heterocycles. The quantitative estimate of drug-likeness (QED) is 0.812. The summed E-state index contributed by atoms with van der Waals surface area (Å²) >= 11 is 0. The van der Waals surface area contributed by atoms with E-state index in [-0.39, 0.29) is 6.10 Å². The zero-order chi connectivity index (χ0) is 14.4. The minimum absolute atomic E-state index is 0.234. The highest BCUT2D eigenvalue weighted by atomic mass is 16.5. The summed E-state index contributed by atoms with van der Waals surface area (Å²) in [5.41, 5.74) is 1.39. The van der Waals surface area contributed by atoms with Gasteiger partial charge in [-0.2, -0.15) is 0 Å². The second kappa shape index (κ2) is 7.68. The molecule has 1 atom stereocenters. The standard InChI is InChI=1S/C18H29NO/c1-4-19-18(15-9-6-5-7-10-15)16-11-8-12-17(13-16)20-14(2)3/h8,11-15,18-19H,4-7,9-10H2,1-3H3. The van der Waals surface area contributed by atoms with E-state index in [4.69, 9.17) is 4.74 Å². The maximum atomic E-state index is 5.84. The number of benzene rings is 1. The summed E-state index contributed by atoms with van der Waals surface area (Å²) in [4.78, 5) is 0. The molecule has 0 bridgehead atoms. The van der Waals surface area contributed by atoms with E-state index in [9.17, 15) is 0 Å². The van der Waals surface area contributed by atoms with Crippen molar-refractivity contribution in [1.82, 2.24) is 5.32 Å². The summed E-state index contributed by atoms with van der Waals surface area (Å²) in [5, 5.41) is 3.69. The smallest absolute Gasteiger partial charge is 0.120 e. The van der Waals surface area contributed by atoms with Crippen LogP contribution in [0.25, 0.3) is 0 Å². The van der Waals surface area contributed by atoms with Crippen molar-refractivity contribution in [3.63, 3.8) is 0 Å². The molecule has 20 heavy (non-hydrogen) atoms. The van der Waals surface area contributed by atoms with Gasteiger partial charge in [0.05, 0.1) is 6.10 Å². The minimum atomic E-state index is 0.234. The fourth-order valence-electron chi connectivity index (χ4n) is 3.30. The molecule has 1 N–H and O–H groups in total. The molecule has 0 spiro atoms. The normalized spacial score (nSPS) is 18.2. The van der Waals surface area contributed by atoms with Gasteiger partial charge in [0.25, 0.3) is 0 Å². The molecule has 1 unspecified atom stereocenters. The molecule has 112 valence electrons. The molecule has 0 aliphatic heterocycles.